The van der Waals surface area contributed by atoms with Crippen LogP contribution in [0.5, 0.6) is 0 Å². The fraction of sp³-hybridized carbons (Fsp3) is 0.385. The van der Waals surface area contributed by atoms with Crippen molar-refractivity contribution in [3.8, 4) is 0 Å². The second-order valence-corrected chi connectivity index (χ2v) is 5.88. The van der Waals surface area contributed by atoms with Gasteiger partial charge in [0.25, 0.3) is 0 Å². The molecule has 0 aliphatic carbocycles. The van der Waals surface area contributed by atoms with Crippen LogP contribution in [0.2, 0.25) is 0 Å². The molecule has 1 aromatic carbocycles. The second kappa shape index (κ2) is 6.86. The molecule has 0 heterocycles. The molecule has 0 fully saturated rings. The van der Waals surface area contributed by atoms with Crippen LogP contribution in [0.15, 0.2) is 22.7 Å². The van der Waals surface area contributed by atoms with Crippen LogP contribution >= 0.6 is 28.1 Å². The number of nitrogens with two attached hydrogens (primary N) is 1. The van der Waals surface area contributed by atoms with E-state index in [0.29, 0.717) is 4.99 Å². The van der Waals surface area contributed by atoms with Crippen LogP contribution in [-0.2, 0) is 4.79 Å². The molecule has 4 nitrogen and oxygen atoms in total. The van der Waals surface area contributed by atoms with E-state index in [0.717, 1.165) is 15.7 Å². The van der Waals surface area contributed by atoms with Gasteiger partial charge < -0.3 is 16.4 Å². The van der Waals surface area contributed by atoms with E-state index in [1.54, 1.807) is 0 Å². The largest absolute Gasteiger partial charge is 0.389 e. The number of halogens is 1. The molecular formula is C13H18BrN3OS. The molecule has 0 spiro atoms. The zero-order valence-electron chi connectivity index (χ0n) is 11.2. The van der Waals surface area contributed by atoms with E-state index in [9.17, 15) is 4.79 Å². The summed E-state index contributed by atoms with van der Waals surface area (Å²) in [5.41, 5.74) is 7.20. The minimum absolute atomic E-state index is 0.0375. The molecule has 1 atom stereocenters. The molecule has 0 bridgehead atoms. The van der Waals surface area contributed by atoms with Gasteiger partial charge in [0.2, 0.25) is 5.91 Å². The van der Waals surface area contributed by atoms with Crippen molar-refractivity contribution in [2.45, 2.75) is 32.9 Å². The number of hydrogen-bond acceptors (Lipinski definition) is 3. The lowest BCUT2D eigenvalue weighted by Gasteiger charge is -2.17. The molecular weight excluding hydrogens is 326 g/mol. The Morgan fingerprint density at radius 3 is 2.47 bits per heavy atom. The Kier molecular flexibility index (Phi) is 5.75. The van der Waals surface area contributed by atoms with Gasteiger partial charge in [-0.3, -0.25) is 4.79 Å². The quantitative estimate of drug-likeness (QED) is 0.718. The van der Waals surface area contributed by atoms with E-state index in [4.69, 9.17) is 18.0 Å². The normalized spacial score (nSPS) is 12.1. The number of thiocarbonyl (C=S) groups is 1. The molecule has 4 N–H and O–H groups in total. The molecule has 19 heavy (non-hydrogen) atoms. The second-order valence-electron chi connectivity index (χ2n) is 4.59. The number of benzene rings is 1. The van der Waals surface area contributed by atoms with E-state index in [-0.39, 0.29) is 18.0 Å². The lowest BCUT2D eigenvalue weighted by molar-refractivity contribution is -0.122. The first-order chi connectivity index (χ1) is 8.81. The van der Waals surface area contributed by atoms with Gasteiger partial charge in [-0.25, -0.2) is 0 Å². The number of carbonyl (C=O) groups excluding carboxylic acids is 1. The SMILES string of the molecule is CC(C)NC(=O)C(C)Nc1ccc(C(N)=S)c(Br)c1. The molecule has 1 rings (SSSR count). The Bertz CT molecular complexity index is 491. The molecule has 1 aromatic rings. The fourth-order valence-corrected chi connectivity index (χ4v) is 2.43. The molecule has 0 radical (unpaired) electrons. The summed E-state index contributed by atoms with van der Waals surface area (Å²) in [7, 11) is 0. The van der Waals surface area contributed by atoms with Crippen molar-refractivity contribution in [3.05, 3.63) is 28.2 Å². The standard InChI is InChI=1S/C13H18BrN3OS/c1-7(2)16-13(18)8(3)17-9-4-5-10(12(15)19)11(14)6-9/h4-8,17H,1-3H3,(H2,15,19)(H,16,18). The van der Waals surface area contributed by atoms with E-state index in [1.807, 2.05) is 39.0 Å². The highest BCUT2D eigenvalue weighted by atomic mass is 79.9. The Balaban J connectivity index is 2.75. The molecule has 1 unspecified atom stereocenters. The maximum atomic E-state index is 11.8. The van der Waals surface area contributed by atoms with Gasteiger partial charge in [-0.2, -0.15) is 0 Å². The number of hydrogen-bond donors (Lipinski definition) is 3. The summed E-state index contributed by atoms with van der Waals surface area (Å²) in [4.78, 5) is 12.1. The third-order valence-corrected chi connectivity index (χ3v) is 3.32. The first-order valence-electron chi connectivity index (χ1n) is 5.97. The summed E-state index contributed by atoms with van der Waals surface area (Å²) >= 11 is 8.34. The van der Waals surface area contributed by atoms with E-state index < -0.39 is 0 Å². The zero-order chi connectivity index (χ0) is 14.6. The minimum atomic E-state index is -0.315. The van der Waals surface area contributed by atoms with Crippen molar-refractivity contribution in [2.75, 3.05) is 5.32 Å². The molecule has 1 amide bonds. The van der Waals surface area contributed by atoms with Gasteiger partial charge in [0.05, 0.1) is 0 Å². The van der Waals surface area contributed by atoms with Gasteiger partial charge in [-0.1, -0.05) is 12.2 Å². The maximum Gasteiger partial charge on any atom is 0.242 e. The first kappa shape index (κ1) is 15.9. The summed E-state index contributed by atoms with van der Waals surface area (Å²) in [5.74, 6) is -0.0375. The van der Waals surface area contributed by atoms with Crippen molar-refractivity contribution < 1.29 is 4.79 Å². The van der Waals surface area contributed by atoms with Crippen molar-refractivity contribution in [3.63, 3.8) is 0 Å². The molecule has 104 valence electrons. The molecule has 0 aliphatic heterocycles. The van der Waals surface area contributed by atoms with E-state index in [1.165, 1.54) is 0 Å². The first-order valence-corrected chi connectivity index (χ1v) is 7.17. The molecule has 0 aliphatic rings. The van der Waals surface area contributed by atoms with Crippen LogP contribution < -0.4 is 16.4 Å². The zero-order valence-corrected chi connectivity index (χ0v) is 13.6. The van der Waals surface area contributed by atoms with Crippen LogP contribution in [0.4, 0.5) is 5.69 Å². The van der Waals surface area contributed by atoms with E-state index >= 15 is 0 Å². The number of carbonyl (C=O) groups is 1. The highest BCUT2D eigenvalue weighted by Gasteiger charge is 2.14. The van der Waals surface area contributed by atoms with Crippen molar-refractivity contribution in [2.24, 2.45) is 5.73 Å². The van der Waals surface area contributed by atoms with Crippen LogP contribution in [0, 0.1) is 0 Å². The van der Waals surface area contributed by atoms with Gasteiger partial charge in [0.1, 0.15) is 11.0 Å². The molecule has 0 saturated heterocycles. The van der Waals surface area contributed by atoms with Crippen LogP contribution in [0.1, 0.15) is 26.3 Å². The summed E-state index contributed by atoms with van der Waals surface area (Å²) in [6, 6.07) is 5.33. The minimum Gasteiger partial charge on any atom is -0.389 e. The topological polar surface area (TPSA) is 67.2 Å². The fourth-order valence-electron chi connectivity index (χ4n) is 1.53. The predicted molar refractivity (Wildman–Crippen MR) is 86.4 cm³/mol. The predicted octanol–water partition coefficient (Wildman–Crippen LogP) is 2.41. The lowest BCUT2D eigenvalue weighted by atomic mass is 10.2. The van der Waals surface area contributed by atoms with Crippen molar-refractivity contribution >= 4 is 44.7 Å². The van der Waals surface area contributed by atoms with Crippen LogP contribution in [0.3, 0.4) is 0 Å². The smallest absolute Gasteiger partial charge is 0.242 e. The highest BCUT2D eigenvalue weighted by molar-refractivity contribution is 9.10. The molecule has 0 aromatic heterocycles. The highest BCUT2D eigenvalue weighted by Crippen LogP contribution is 2.22. The summed E-state index contributed by atoms with van der Waals surface area (Å²) < 4.78 is 0.807. The number of nitrogens with one attached hydrogen (secondary N) is 2. The van der Waals surface area contributed by atoms with Gasteiger partial charge in [-0.05, 0) is 54.9 Å². The summed E-state index contributed by atoms with van der Waals surface area (Å²) in [6.07, 6.45) is 0. The monoisotopic (exact) mass is 343 g/mol. The Morgan fingerprint density at radius 1 is 1.37 bits per heavy atom. The van der Waals surface area contributed by atoms with Gasteiger partial charge in [-0.15, -0.1) is 0 Å². The number of amides is 1. The summed E-state index contributed by atoms with van der Waals surface area (Å²) in [5, 5.41) is 5.98. The lowest BCUT2D eigenvalue weighted by Crippen LogP contribution is -2.40. The van der Waals surface area contributed by atoms with Crippen molar-refractivity contribution in [1.82, 2.24) is 5.32 Å². The van der Waals surface area contributed by atoms with Crippen LogP contribution in [0.25, 0.3) is 0 Å². The Labute approximate surface area is 127 Å². The van der Waals surface area contributed by atoms with E-state index in [2.05, 4.69) is 26.6 Å². The van der Waals surface area contributed by atoms with Crippen LogP contribution in [-0.4, -0.2) is 23.0 Å². The third-order valence-electron chi connectivity index (χ3n) is 2.44. The molecule has 0 saturated carbocycles. The van der Waals surface area contributed by atoms with Gasteiger partial charge in [0, 0.05) is 21.8 Å². The number of anilines is 1. The van der Waals surface area contributed by atoms with Gasteiger partial charge >= 0.3 is 0 Å². The average molecular weight is 344 g/mol. The van der Waals surface area contributed by atoms with Crippen molar-refractivity contribution in [1.29, 1.82) is 0 Å². The Morgan fingerprint density at radius 2 is 2.00 bits per heavy atom. The third kappa shape index (κ3) is 4.80. The maximum absolute atomic E-state index is 11.8. The Hall–Kier alpha value is -1.14. The molecule has 6 heteroatoms. The number of rotatable bonds is 5. The summed E-state index contributed by atoms with van der Waals surface area (Å²) in [6.45, 7) is 5.67. The van der Waals surface area contributed by atoms with Gasteiger partial charge in [0.15, 0.2) is 0 Å². The average Bonchev–Trinajstić information content (AvgIpc) is 2.27.